The van der Waals surface area contributed by atoms with E-state index in [0.29, 0.717) is 43.1 Å². The summed E-state index contributed by atoms with van der Waals surface area (Å²) in [5, 5.41) is 20.3. The smallest absolute Gasteiger partial charge is 0.455 e. The normalized spacial score (nSPS) is 24.3. The highest BCUT2D eigenvalue weighted by molar-refractivity contribution is 6.43. The maximum absolute atomic E-state index is 13.9. The zero-order chi connectivity index (χ0) is 29.2. The van der Waals surface area contributed by atoms with Crippen molar-refractivity contribution < 1.29 is 33.5 Å². The summed E-state index contributed by atoms with van der Waals surface area (Å²) in [5.74, 6) is -0.672. The first kappa shape index (κ1) is 28.4. The Morgan fingerprint density at radius 1 is 1.02 bits per heavy atom. The number of benzene rings is 2. The molecular weight excluding hydrogens is 533 g/mol. The predicted molar refractivity (Wildman–Crippen MR) is 159 cm³/mol. The van der Waals surface area contributed by atoms with Crippen molar-refractivity contribution in [2.24, 2.45) is 17.8 Å². The molecule has 2 aliphatic heterocycles. The fourth-order valence-electron chi connectivity index (χ4n) is 6.87. The number of methoxy groups -OCH3 is 1. The zero-order valence-electron chi connectivity index (χ0n) is 23.5. The highest BCUT2D eigenvalue weighted by Gasteiger charge is 2.57. The number of rotatable bonds is 9. The van der Waals surface area contributed by atoms with Gasteiger partial charge in [-0.2, -0.15) is 0 Å². The zero-order valence-corrected chi connectivity index (χ0v) is 23.5. The van der Waals surface area contributed by atoms with Gasteiger partial charge in [0.05, 0.1) is 30.2 Å². The van der Waals surface area contributed by atoms with Crippen molar-refractivity contribution in [2.45, 2.75) is 38.3 Å². The molecule has 2 aromatic carbocycles. The Morgan fingerprint density at radius 2 is 1.76 bits per heavy atom. The number of furan rings is 1. The number of aliphatic hydroxyl groups excluding tert-OH is 1. The molecule has 0 radical (unpaired) electrons. The minimum absolute atomic E-state index is 0.175. The number of anilines is 1. The van der Waals surface area contributed by atoms with Gasteiger partial charge in [-0.1, -0.05) is 48.5 Å². The summed E-state index contributed by atoms with van der Waals surface area (Å²) >= 11 is 0. The Kier molecular flexibility index (Phi) is 8.26. The summed E-state index contributed by atoms with van der Waals surface area (Å²) in [7, 11) is 0.571. The van der Waals surface area contributed by atoms with Gasteiger partial charge in [-0.05, 0) is 84.1 Å². The van der Waals surface area contributed by atoms with E-state index in [-0.39, 0.29) is 30.7 Å². The van der Waals surface area contributed by atoms with Crippen molar-refractivity contribution >= 4 is 36.3 Å². The molecule has 1 aromatic heterocycles. The molecule has 2 amide bonds. The quantitative estimate of drug-likeness (QED) is 0.218. The number of hydrogen-bond donors (Lipinski definition) is 2. The van der Waals surface area contributed by atoms with Crippen LogP contribution in [0.3, 0.4) is 0 Å². The number of aliphatic hydroxyl groups is 1. The van der Waals surface area contributed by atoms with Gasteiger partial charge >= 0.3 is 7.12 Å². The SMILES string of the molecule is COCC1=C2[C@@H](CC/C(=C/c3ccc(CO)o3)c3ccccc3)OB(O)C[C@@H]2[C@@H]2C(=O)N(c3ccccc3)C(=O)[C@@H]2C1. The monoisotopic (exact) mass is 567 g/mol. The lowest BCUT2D eigenvalue weighted by molar-refractivity contribution is -0.122. The maximum Gasteiger partial charge on any atom is 0.455 e. The van der Waals surface area contributed by atoms with E-state index in [1.54, 1.807) is 25.3 Å². The van der Waals surface area contributed by atoms with Crippen LogP contribution in [0.4, 0.5) is 5.69 Å². The van der Waals surface area contributed by atoms with Crippen LogP contribution in [0.5, 0.6) is 0 Å². The van der Waals surface area contributed by atoms with Crippen LogP contribution >= 0.6 is 0 Å². The van der Waals surface area contributed by atoms with Crippen molar-refractivity contribution in [1.82, 2.24) is 0 Å². The first-order valence-electron chi connectivity index (χ1n) is 14.4. The fraction of sp³-hybridized carbons (Fsp3) is 0.333. The van der Waals surface area contributed by atoms with E-state index in [1.807, 2.05) is 60.7 Å². The largest absolute Gasteiger partial charge is 0.459 e. The fourth-order valence-corrected chi connectivity index (χ4v) is 6.87. The average molecular weight is 567 g/mol. The topological polar surface area (TPSA) is 109 Å². The Balaban J connectivity index is 1.32. The van der Waals surface area contributed by atoms with Crippen LogP contribution in [-0.2, 0) is 25.6 Å². The molecule has 1 aliphatic carbocycles. The van der Waals surface area contributed by atoms with Gasteiger partial charge in [0.2, 0.25) is 11.8 Å². The second-order valence-corrected chi connectivity index (χ2v) is 11.1. The molecule has 0 unspecified atom stereocenters. The van der Waals surface area contributed by atoms with Crippen LogP contribution in [0.25, 0.3) is 11.6 Å². The highest BCUT2D eigenvalue weighted by atomic mass is 16.5. The van der Waals surface area contributed by atoms with Crippen molar-refractivity contribution in [3.63, 3.8) is 0 Å². The maximum atomic E-state index is 13.9. The molecular formula is C33H34BNO7. The van der Waals surface area contributed by atoms with Crippen molar-refractivity contribution in [2.75, 3.05) is 18.6 Å². The Hall–Kier alpha value is -3.76. The van der Waals surface area contributed by atoms with Gasteiger partial charge in [-0.15, -0.1) is 0 Å². The molecule has 3 aliphatic rings. The third kappa shape index (κ3) is 5.41. The van der Waals surface area contributed by atoms with Crippen LogP contribution < -0.4 is 4.90 Å². The van der Waals surface area contributed by atoms with Gasteiger partial charge in [0.1, 0.15) is 18.1 Å². The summed E-state index contributed by atoms with van der Waals surface area (Å²) in [4.78, 5) is 28.8. The average Bonchev–Trinajstić information content (AvgIpc) is 3.57. The number of fused-ring (bicyclic) bond motifs is 3. The van der Waals surface area contributed by atoms with Crippen LogP contribution in [0.15, 0.2) is 88.4 Å². The number of allylic oxidation sites excluding steroid dienone is 1. The number of hydrogen-bond acceptors (Lipinski definition) is 7. The minimum Gasteiger partial charge on any atom is -0.459 e. The number of imide groups is 1. The molecule has 2 N–H and O–H groups in total. The summed E-state index contributed by atoms with van der Waals surface area (Å²) < 4.78 is 17.5. The molecule has 4 atom stereocenters. The molecule has 9 heteroatoms. The van der Waals surface area contributed by atoms with Gasteiger partial charge in [-0.3, -0.25) is 14.5 Å². The molecule has 3 aromatic rings. The number of ether oxygens (including phenoxy) is 1. The molecule has 0 saturated carbocycles. The second-order valence-electron chi connectivity index (χ2n) is 11.1. The van der Waals surface area contributed by atoms with Crippen molar-refractivity contribution in [1.29, 1.82) is 0 Å². The highest BCUT2D eigenvalue weighted by Crippen LogP contribution is 2.51. The van der Waals surface area contributed by atoms with E-state index in [9.17, 15) is 19.7 Å². The molecule has 42 heavy (non-hydrogen) atoms. The van der Waals surface area contributed by atoms with E-state index in [0.717, 1.165) is 22.3 Å². The Labute approximate surface area is 245 Å². The molecule has 2 saturated heterocycles. The van der Waals surface area contributed by atoms with E-state index in [2.05, 4.69) is 0 Å². The number of amides is 2. The number of carbonyl (C=O) groups is 2. The van der Waals surface area contributed by atoms with E-state index in [1.165, 1.54) is 4.90 Å². The van der Waals surface area contributed by atoms with Crippen LogP contribution in [0.2, 0.25) is 6.32 Å². The second kappa shape index (κ2) is 12.2. The van der Waals surface area contributed by atoms with Crippen molar-refractivity contribution in [3.8, 4) is 0 Å². The Bertz CT molecular complexity index is 1500. The molecule has 8 nitrogen and oxygen atoms in total. The van der Waals surface area contributed by atoms with E-state index in [4.69, 9.17) is 13.8 Å². The van der Waals surface area contributed by atoms with Gasteiger partial charge in [0.15, 0.2) is 0 Å². The lowest BCUT2D eigenvalue weighted by atomic mass is 9.58. The van der Waals surface area contributed by atoms with Gasteiger partial charge < -0.3 is 23.9 Å². The summed E-state index contributed by atoms with van der Waals surface area (Å²) in [6, 6.07) is 22.6. The lowest BCUT2D eigenvalue weighted by Crippen LogP contribution is -2.46. The molecule has 3 heterocycles. The van der Waals surface area contributed by atoms with E-state index < -0.39 is 25.1 Å². The van der Waals surface area contributed by atoms with E-state index >= 15 is 0 Å². The third-order valence-electron chi connectivity index (χ3n) is 8.62. The number of para-hydroxylation sites is 1. The van der Waals surface area contributed by atoms with Crippen LogP contribution in [0, 0.1) is 17.8 Å². The molecule has 216 valence electrons. The first-order valence-corrected chi connectivity index (χ1v) is 14.4. The third-order valence-corrected chi connectivity index (χ3v) is 8.62. The summed E-state index contributed by atoms with van der Waals surface area (Å²) in [5.41, 5.74) is 4.56. The lowest BCUT2D eigenvalue weighted by Gasteiger charge is -2.43. The Morgan fingerprint density at radius 3 is 2.45 bits per heavy atom. The molecule has 0 bridgehead atoms. The number of carbonyl (C=O) groups excluding carboxylic acids is 2. The molecule has 6 rings (SSSR count). The van der Waals surface area contributed by atoms with Gasteiger partial charge in [-0.25, -0.2) is 0 Å². The minimum atomic E-state index is -1.05. The predicted octanol–water partition coefficient (Wildman–Crippen LogP) is 4.74. The summed E-state index contributed by atoms with van der Waals surface area (Å²) in [6.07, 6.45) is 3.33. The van der Waals surface area contributed by atoms with Crippen molar-refractivity contribution in [3.05, 3.63) is 101 Å². The number of nitrogens with zero attached hydrogens (tertiary/aromatic N) is 1. The summed E-state index contributed by atoms with van der Waals surface area (Å²) in [6.45, 7) is 0.154. The van der Waals surface area contributed by atoms with Gasteiger partial charge in [0, 0.05) is 7.11 Å². The van der Waals surface area contributed by atoms with Gasteiger partial charge in [0.25, 0.3) is 0 Å². The van der Waals surface area contributed by atoms with Crippen LogP contribution in [-0.4, -0.2) is 48.9 Å². The molecule has 0 spiro atoms. The first-order chi connectivity index (χ1) is 20.5. The molecule has 2 fully saturated rings. The standard InChI is InChI=1S/C33H34BNO7/c1-40-20-23-17-27-31(33(38)35(32(27)37)24-10-6-3-7-11-24)28-18-34(39)42-29(30(23)28)15-12-22(21-8-4-2-5-9-21)16-25-13-14-26(19-36)41-25/h2-11,13-14,16,27-29,31,36,39H,12,15,17-20H2,1H3/b22-16-/t27-,28+,29-,31-/m1/s1. The van der Waals surface area contributed by atoms with Crippen LogP contribution in [0.1, 0.15) is 36.3 Å².